The zero-order chi connectivity index (χ0) is 20.2. The number of aromatic nitrogens is 2. The van der Waals surface area contributed by atoms with Crippen molar-refractivity contribution >= 4 is 23.5 Å². The van der Waals surface area contributed by atoms with E-state index in [0.29, 0.717) is 36.6 Å². The van der Waals surface area contributed by atoms with E-state index in [1.165, 1.54) is 5.56 Å². The van der Waals surface area contributed by atoms with Crippen molar-refractivity contribution in [2.24, 2.45) is 5.92 Å². The molecule has 1 aromatic heterocycles. The number of nitrogens with one attached hydrogen (secondary N) is 1. The lowest BCUT2D eigenvalue weighted by Gasteiger charge is -2.29. The van der Waals surface area contributed by atoms with E-state index in [4.69, 9.17) is 16.0 Å². The van der Waals surface area contributed by atoms with Gasteiger partial charge in [0, 0.05) is 36.1 Å². The quantitative estimate of drug-likeness (QED) is 0.681. The predicted octanol–water partition coefficient (Wildman–Crippen LogP) is 4.23. The van der Waals surface area contributed by atoms with Crippen LogP contribution in [0.3, 0.4) is 0 Å². The van der Waals surface area contributed by atoms with Gasteiger partial charge in [0.1, 0.15) is 0 Å². The lowest BCUT2D eigenvalue weighted by Crippen LogP contribution is -2.40. The fourth-order valence-electron chi connectivity index (χ4n) is 3.46. The van der Waals surface area contributed by atoms with Gasteiger partial charge in [0.15, 0.2) is 0 Å². The van der Waals surface area contributed by atoms with Crippen molar-refractivity contribution in [1.29, 1.82) is 0 Å². The van der Waals surface area contributed by atoms with Crippen LogP contribution in [0.2, 0.25) is 5.02 Å². The molecule has 150 valence electrons. The zero-order valence-electron chi connectivity index (χ0n) is 16.3. The topological polar surface area (TPSA) is 71.3 Å². The van der Waals surface area contributed by atoms with Gasteiger partial charge in [-0.1, -0.05) is 52.6 Å². The van der Waals surface area contributed by atoms with E-state index in [0.717, 1.165) is 24.0 Å². The van der Waals surface area contributed by atoms with Gasteiger partial charge in [-0.15, -0.1) is 5.10 Å². The van der Waals surface area contributed by atoms with E-state index >= 15 is 0 Å². The van der Waals surface area contributed by atoms with E-state index in [1.807, 2.05) is 60.4 Å². The van der Waals surface area contributed by atoms with Crippen LogP contribution in [0.25, 0.3) is 11.5 Å². The summed E-state index contributed by atoms with van der Waals surface area (Å²) in [7, 11) is 0. The maximum Gasteiger partial charge on any atom is 0.318 e. The van der Waals surface area contributed by atoms with Gasteiger partial charge >= 0.3 is 6.01 Å². The average molecular weight is 411 g/mol. The molecule has 29 heavy (non-hydrogen) atoms. The Hall–Kier alpha value is -2.86. The normalized spacial score (nSPS) is 14.8. The first-order chi connectivity index (χ1) is 14.1. The Balaban J connectivity index is 1.31. The number of amides is 1. The Labute approximate surface area is 174 Å². The van der Waals surface area contributed by atoms with Crippen molar-refractivity contribution in [2.75, 3.05) is 18.0 Å². The van der Waals surface area contributed by atoms with E-state index in [9.17, 15) is 4.79 Å². The number of rotatable bonds is 5. The Bertz CT molecular complexity index is 978. The summed E-state index contributed by atoms with van der Waals surface area (Å²) in [6.45, 7) is 3.90. The molecule has 1 N–H and O–H groups in total. The summed E-state index contributed by atoms with van der Waals surface area (Å²) in [5.41, 5.74) is 3.01. The molecule has 1 saturated heterocycles. The van der Waals surface area contributed by atoms with Gasteiger partial charge in [0.2, 0.25) is 11.8 Å². The molecule has 2 aromatic carbocycles. The molecule has 3 aromatic rings. The molecule has 1 amide bonds. The standard InChI is InChI=1S/C22H23ClN4O2/c1-15-6-8-17(9-7-15)21-25-26-22(29-21)27-12-10-16(11-13-27)20(28)24-14-18-4-2-3-5-19(18)23/h2-9,16H,10-14H2,1H3,(H,24,28). The molecule has 1 aliphatic heterocycles. The number of piperidine rings is 1. The highest BCUT2D eigenvalue weighted by Gasteiger charge is 2.27. The molecule has 0 atom stereocenters. The monoisotopic (exact) mass is 410 g/mol. The maximum atomic E-state index is 12.5. The second-order valence-corrected chi connectivity index (χ2v) is 7.73. The number of anilines is 1. The Morgan fingerprint density at radius 1 is 1.14 bits per heavy atom. The lowest BCUT2D eigenvalue weighted by molar-refractivity contribution is -0.125. The van der Waals surface area contributed by atoms with Crippen LogP contribution in [-0.4, -0.2) is 29.2 Å². The first-order valence-corrected chi connectivity index (χ1v) is 10.1. The molecule has 1 fully saturated rings. The molecular formula is C22H23ClN4O2. The summed E-state index contributed by atoms with van der Waals surface area (Å²) in [6, 6.07) is 16.0. The van der Waals surface area contributed by atoms with Crippen LogP contribution in [-0.2, 0) is 11.3 Å². The highest BCUT2D eigenvalue weighted by atomic mass is 35.5. The zero-order valence-corrected chi connectivity index (χ0v) is 17.0. The van der Waals surface area contributed by atoms with Gasteiger partial charge in [-0.05, 0) is 43.5 Å². The van der Waals surface area contributed by atoms with Crippen molar-refractivity contribution in [3.05, 3.63) is 64.7 Å². The van der Waals surface area contributed by atoms with Crippen molar-refractivity contribution in [3.8, 4) is 11.5 Å². The summed E-state index contributed by atoms with van der Waals surface area (Å²) < 4.78 is 5.85. The third kappa shape index (κ3) is 4.59. The average Bonchev–Trinajstić information content (AvgIpc) is 3.24. The lowest BCUT2D eigenvalue weighted by atomic mass is 9.96. The van der Waals surface area contributed by atoms with Gasteiger partial charge < -0.3 is 14.6 Å². The predicted molar refractivity (Wildman–Crippen MR) is 113 cm³/mol. The van der Waals surface area contributed by atoms with Crippen molar-refractivity contribution < 1.29 is 9.21 Å². The number of hydrogen-bond acceptors (Lipinski definition) is 5. The highest BCUT2D eigenvalue weighted by Crippen LogP contribution is 2.26. The summed E-state index contributed by atoms with van der Waals surface area (Å²) in [5.74, 6) is 0.559. The number of carbonyl (C=O) groups is 1. The smallest absolute Gasteiger partial charge is 0.318 e. The second kappa shape index (κ2) is 8.66. The fraction of sp³-hybridized carbons (Fsp3) is 0.318. The molecule has 0 spiro atoms. The second-order valence-electron chi connectivity index (χ2n) is 7.33. The molecule has 0 radical (unpaired) electrons. The summed E-state index contributed by atoms with van der Waals surface area (Å²) in [6.07, 6.45) is 1.49. The summed E-state index contributed by atoms with van der Waals surface area (Å²) in [4.78, 5) is 14.6. The Morgan fingerprint density at radius 3 is 2.59 bits per heavy atom. The van der Waals surface area contributed by atoms with Crippen molar-refractivity contribution in [1.82, 2.24) is 15.5 Å². The molecular weight excluding hydrogens is 388 g/mol. The minimum Gasteiger partial charge on any atom is -0.403 e. The van der Waals surface area contributed by atoms with Gasteiger partial charge in [0.05, 0.1) is 0 Å². The molecule has 0 unspecified atom stereocenters. The number of benzene rings is 2. The van der Waals surface area contributed by atoms with Crippen LogP contribution in [0.15, 0.2) is 52.9 Å². The Morgan fingerprint density at radius 2 is 1.86 bits per heavy atom. The molecule has 2 heterocycles. The van der Waals surface area contributed by atoms with Gasteiger partial charge in [0.25, 0.3) is 0 Å². The van der Waals surface area contributed by atoms with Crippen LogP contribution in [0, 0.1) is 12.8 Å². The largest absolute Gasteiger partial charge is 0.403 e. The molecule has 4 rings (SSSR count). The summed E-state index contributed by atoms with van der Waals surface area (Å²) >= 11 is 6.15. The van der Waals surface area contributed by atoms with Gasteiger partial charge in [-0.25, -0.2) is 0 Å². The molecule has 7 heteroatoms. The van der Waals surface area contributed by atoms with Crippen LogP contribution in [0.5, 0.6) is 0 Å². The van der Waals surface area contributed by atoms with Crippen molar-refractivity contribution in [2.45, 2.75) is 26.3 Å². The molecule has 0 aliphatic carbocycles. The van der Waals surface area contributed by atoms with E-state index in [1.54, 1.807) is 0 Å². The number of halogens is 1. The number of carbonyl (C=O) groups excluding carboxylic acids is 1. The molecule has 6 nitrogen and oxygen atoms in total. The number of aryl methyl sites for hydroxylation is 1. The van der Waals surface area contributed by atoms with Gasteiger partial charge in [-0.3, -0.25) is 4.79 Å². The third-order valence-corrected chi connectivity index (χ3v) is 5.63. The summed E-state index contributed by atoms with van der Waals surface area (Å²) in [5, 5.41) is 12.0. The number of hydrogen-bond donors (Lipinski definition) is 1. The van der Waals surface area contributed by atoms with E-state index < -0.39 is 0 Å². The fourth-order valence-corrected chi connectivity index (χ4v) is 3.66. The van der Waals surface area contributed by atoms with Crippen LogP contribution >= 0.6 is 11.6 Å². The van der Waals surface area contributed by atoms with Crippen molar-refractivity contribution in [3.63, 3.8) is 0 Å². The first kappa shape index (κ1) is 19.5. The number of nitrogens with zero attached hydrogens (tertiary/aromatic N) is 3. The third-order valence-electron chi connectivity index (χ3n) is 5.26. The SMILES string of the molecule is Cc1ccc(-c2nnc(N3CCC(C(=O)NCc4ccccc4Cl)CC3)o2)cc1. The minimum absolute atomic E-state index is 0.0202. The Kier molecular flexibility index (Phi) is 5.81. The molecule has 0 bridgehead atoms. The van der Waals surface area contributed by atoms with Crippen LogP contribution < -0.4 is 10.2 Å². The minimum atomic E-state index is -0.0202. The van der Waals surface area contributed by atoms with Crippen LogP contribution in [0.4, 0.5) is 6.01 Å². The highest BCUT2D eigenvalue weighted by molar-refractivity contribution is 6.31. The maximum absolute atomic E-state index is 12.5. The molecule has 1 aliphatic rings. The van der Waals surface area contributed by atoms with Crippen LogP contribution in [0.1, 0.15) is 24.0 Å². The van der Waals surface area contributed by atoms with E-state index in [2.05, 4.69) is 15.5 Å². The molecule has 0 saturated carbocycles. The van der Waals surface area contributed by atoms with Gasteiger partial charge in [-0.2, -0.15) is 0 Å². The first-order valence-electron chi connectivity index (χ1n) is 9.77. The van der Waals surface area contributed by atoms with E-state index in [-0.39, 0.29) is 11.8 Å².